The monoisotopic (exact) mass is 405 g/mol. The highest BCUT2D eigenvalue weighted by atomic mass is 79.9. The zero-order valence-corrected chi connectivity index (χ0v) is 16.0. The average Bonchev–Trinajstić information content (AvgIpc) is 2.62. The van der Waals surface area contributed by atoms with Gasteiger partial charge in [0.1, 0.15) is 18.0 Å². The minimum atomic E-state index is -0.887. The van der Waals surface area contributed by atoms with Gasteiger partial charge >= 0.3 is 0 Å². The number of rotatable bonds is 6. The van der Waals surface area contributed by atoms with Crippen LogP contribution in [0.4, 0.5) is 0 Å². The highest BCUT2D eigenvalue weighted by Gasteiger charge is 2.26. The van der Waals surface area contributed by atoms with Gasteiger partial charge < -0.3 is 14.6 Å². The lowest BCUT2D eigenvalue weighted by atomic mass is 10.1. The first-order chi connectivity index (χ1) is 12.0. The van der Waals surface area contributed by atoms with Gasteiger partial charge in [-0.15, -0.1) is 0 Å². The van der Waals surface area contributed by atoms with Crippen LogP contribution in [0, 0.1) is 0 Å². The minimum Gasteiger partial charge on any atom is -0.491 e. The lowest BCUT2D eigenvalue weighted by Gasteiger charge is -2.33. The van der Waals surface area contributed by atoms with Gasteiger partial charge in [-0.2, -0.15) is 0 Å². The Kier molecular flexibility index (Phi) is 6.12. The zero-order valence-electron chi connectivity index (χ0n) is 14.5. The van der Waals surface area contributed by atoms with Crippen molar-refractivity contribution in [2.75, 3.05) is 39.5 Å². The van der Waals surface area contributed by atoms with Gasteiger partial charge in [-0.25, -0.2) is 0 Å². The Labute approximate surface area is 157 Å². The fraction of sp³-hybridized carbons (Fsp3) is 0.400. The molecular weight excluding hydrogens is 382 g/mol. The molecule has 5 heteroatoms. The second-order valence-corrected chi connectivity index (χ2v) is 7.62. The third-order valence-electron chi connectivity index (χ3n) is 4.25. The Bertz CT molecular complexity index is 664. The number of ether oxygens (including phenoxy) is 2. The molecule has 2 aromatic rings. The molecule has 1 fully saturated rings. The van der Waals surface area contributed by atoms with Crippen molar-refractivity contribution in [1.82, 2.24) is 4.90 Å². The lowest BCUT2D eigenvalue weighted by molar-refractivity contribution is -0.0435. The second kappa shape index (κ2) is 8.32. The van der Waals surface area contributed by atoms with Crippen LogP contribution in [-0.4, -0.2) is 55.1 Å². The molecule has 0 saturated carbocycles. The van der Waals surface area contributed by atoms with E-state index in [1.165, 1.54) is 0 Å². The van der Waals surface area contributed by atoms with E-state index in [-0.39, 0.29) is 6.61 Å². The number of halogens is 1. The summed E-state index contributed by atoms with van der Waals surface area (Å²) in [4.78, 5) is 2.21. The summed E-state index contributed by atoms with van der Waals surface area (Å²) in [6.07, 6.45) is 0. The predicted octanol–water partition coefficient (Wildman–Crippen LogP) is 3.58. The molecule has 2 aromatic carbocycles. The maximum Gasteiger partial charge on any atom is 0.119 e. The molecule has 1 aliphatic rings. The second-order valence-electron chi connectivity index (χ2n) is 6.71. The lowest BCUT2D eigenvalue weighted by Crippen LogP contribution is -2.48. The molecule has 0 aromatic heterocycles. The Morgan fingerprint density at radius 2 is 1.60 bits per heavy atom. The van der Waals surface area contributed by atoms with Crippen molar-refractivity contribution in [1.29, 1.82) is 0 Å². The van der Waals surface area contributed by atoms with Crippen molar-refractivity contribution in [3.63, 3.8) is 0 Å². The number of hydrogen-bond acceptors (Lipinski definition) is 4. The van der Waals surface area contributed by atoms with Crippen LogP contribution in [0.15, 0.2) is 53.0 Å². The van der Waals surface area contributed by atoms with Crippen LogP contribution >= 0.6 is 15.9 Å². The Morgan fingerprint density at radius 1 is 1.04 bits per heavy atom. The van der Waals surface area contributed by atoms with Crippen LogP contribution < -0.4 is 4.74 Å². The molecule has 4 nitrogen and oxygen atoms in total. The summed E-state index contributed by atoms with van der Waals surface area (Å²) in [5.41, 5.74) is 1.41. The van der Waals surface area contributed by atoms with Crippen LogP contribution in [0.5, 0.6) is 5.75 Å². The van der Waals surface area contributed by atoms with Crippen LogP contribution in [0.3, 0.4) is 0 Å². The van der Waals surface area contributed by atoms with E-state index < -0.39 is 5.60 Å². The minimum absolute atomic E-state index is 0.266. The molecule has 1 N–H and O–H groups in total. The van der Waals surface area contributed by atoms with Crippen LogP contribution in [-0.2, 0) is 4.74 Å². The van der Waals surface area contributed by atoms with E-state index in [1.54, 1.807) is 0 Å². The fourth-order valence-electron chi connectivity index (χ4n) is 2.91. The summed E-state index contributed by atoms with van der Waals surface area (Å²) < 4.78 is 12.2. The van der Waals surface area contributed by atoms with E-state index in [0.29, 0.717) is 6.54 Å². The normalized spacial score (nSPS) is 17.9. The van der Waals surface area contributed by atoms with Gasteiger partial charge in [0.25, 0.3) is 0 Å². The maximum absolute atomic E-state index is 10.6. The molecule has 3 rings (SSSR count). The van der Waals surface area contributed by atoms with Gasteiger partial charge in [0.2, 0.25) is 0 Å². The number of hydrogen-bond donors (Lipinski definition) is 1. The van der Waals surface area contributed by atoms with E-state index in [9.17, 15) is 5.11 Å². The van der Waals surface area contributed by atoms with Crippen molar-refractivity contribution in [2.24, 2.45) is 0 Å². The van der Waals surface area contributed by atoms with E-state index in [0.717, 1.165) is 47.7 Å². The molecule has 1 unspecified atom stereocenters. The quantitative estimate of drug-likeness (QED) is 0.797. The van der Waals surface area contributed by atoms with Crippen molar-refractivity contribution in [2.45, 2.75) is 12.5 Å². The third kappa shape index (κ3) is 5.54. The first-order valence-corrected chi connectivity index (χ1v) is 9.32. The summed E-state index contributed by atoms with van der Waals surface area (Å²) in [5, 5.41) is 10.6. The van der Waals surface area contributed by atoms with Crippen molar-refractivity contribution in [3.8, 4) is 16.9 Å². The molecule has 0 amide bonds. The van der Waals surface area contributed by atoms with Crippen molar-refractivity contribution in [3.05, 3.63) is 53.0 Å². The smallest absolute Gasteiger partial charge is 0.119 e. The van der Waals surface area contributed by atoms with Gasteiger partial charge in [-0.1, -0.05) is 40.2 Å². The van der Waals surface area contributed by atoms with E-state index >= 15 is 0 Å². The molecule has 0 bridgehead atoms. The van der Waals surface area contributed by atoms with Gasteiger partial charge in [0.15, 0.2) is 0 Å². The van der Waals surface area contributed by atoms with E-state index in [1.807, 2.05) is 43.3 Å². The summed E-state index contributed by atoms with van der Waals surface area (Å²) in [7, 11) is 0. The topological polar surface area (TPSA) is 41.9 Å². The Hall–Kier alpha value is -1.40. The standard InChI is InChI=1S/C20H24BrNO3/c1-20(23,14-22-10-12-24-13-11-22)15-25-19-8-4-17(5-9-19)16-2-6-18(21)7-3-16/h2-9,23H,10-15H2,1H3. The fourth-order valence-corrected chi connectivity index (χ4v) is 3.18. The molecule has 1 saturated heterocycles. The maximum atomic E-state index is 10.6. The number of morpholine rings is 1. The highest BCUT2D eigenvalue weighted by Crippen LogP contribution is 2.24. The van der Waals surface area contributed by atoms with Crippen molar-refractivity contribution >= 4 is 15.9 Å². The van der Waals surface area contributed by atoms with Gasteiger partial charge in [0, 0.05) is 24.1 Å². The van der Waals surface area contributed by atoms with Gasteiger partial charge in [0.05, 0.1) is 13.2 Å². The molecule has 1 aliphatic heterocycles. The number of benzene rings is 2. The molecule has 134 valence electrons. The number of β-amino-alcohol motifs (C(OH)–C–C–N with tert-alkyl or cyclic N) is 1. The molecule has 0 spiro atoms. The Balaban J connectivity index is 1.54. The van der Waals surface area contributed by atoms with Crippen molar-refractivity contribution < 1.29 is 14.6 Å². The van der Waals surface area contributed by atoms with Crippen LogP contribution in [0.25, 0.3) is 11.1 Å². The molecule has 0 radical (unpaired) electrons. The number of nitrogens with zero attached hydrogens (tertiary/aromatic N) is 1. The molecule has 0 aliphatic carbocycles. The average molecular weight is 406 g/mol. The first-order valence-electron chi connectivity index (χ1n) is 8.53. The number of aliphatic hydroxyl groups is 1. The predicted molar refractivity (Wildman–Crippen MR) is 103 cm³/mol. The zero-order chi connectivity index (χ0) is 17.7. The van der Waals surface area contributed by atoms with Gasteiger partial charge in [-0.05, 0) is 42.3 Å². The molecule has 25 heavy (non-hydrogen) atoms. The molecule has 1 heterocycles. The van der Waals surface area contributed by atoms with Crippen LogP contribution in [0.2, 0.25) is 0 Å². The SMILES string of the molecule is CC(O)(COc1ccc(-c2ccc(Br)cc2)cc1)CN1CCOCC1. The van der Waals surface area contributed by atoms with E-state index in [2.05, 4.69) is 33.0 Å². The highest BCUT2D eigenvalue weighted by molar-refractivity contribution is 9.10. The largest absolute Gasteiger partial charge is 0.491 e. The molecular formula is C20H24BrNO3. The first kappa shape index (κ1) is 18.4. The summed E-state index contributed by atoms with van der Waals surface area (Å²) in [6.45, 7) is 5.85. The van der Waals surface area contributed by atoms with Crippen LogP contribution in [0.1, 0.15) is 6.92 Å². The van der Waals surface area contributed by atoms with E-state index in [4.69, 9.17) is 9.47 Å². The summed E-state index contributed by atoms with van der Waals surface area (Å²) in [5.74, 6) is 0.767. The summed E-state index contributed by atoms with van der Waals surface area (Å²) >= 11 is 3.45. The third-order valence-corrected chi connectivity index (χ3v) is 4.78. The molecule has 1 atom stereocenters. The van der Waals surface area contributed by atoms with Gasteiger partial charge in [-0.3, -0.25) is 4.90 Å². The summed E-state index contributed by atoms with van der Waals surface area (Å²) in [6, 6.07) is 16.2. The Morgan fingerprint density at radius 3 is 2.20 bits per heavy atom.